The zero-order chi connectivity index (χ0) is 23.3. The summed E-state index contributed by atoms with van der Waals surface area (Å²) in [4.78, 5) is 20.6. The molecule has 3 aromatic heterocycles. The fraction of sp³-hybridized carbons (Fsp3) is 0.500. The number of alkyl halides is 3. The van der Waals surface area contributed by atoms with E-state index in [9.17, 15) is 18.0 Å². The van der Waals surface area contributed by atoms with Crippen molar-refractivity contribution in [2.24, 2.45) is 24.8 Å². The Morgan fingerprint density at radius 3 is 2.70 bits per heavy atom. The molecule has 1 amide bonds. The van der Waals surface area contributed by atoms with Gasteiger partial charge in [0.05, 0.1) is 11.9 Å². The highest BCUT2D eigenvalue weighted by atomic mass is 19.4. The molecule has 0 aromatic carbocycles. The molecule has 11 heteroatoms. The second-order valence-electron chi connectivity index (χ2n) is 9.09. The second-order valence-corrected chi connectivity index (χ2v) is 9.09. The number of hydrogen-bond donors (Lipinski definition) is 1. The molecule has 2 bridgehead atoms. The Morgan fingerprint density at radius 1 is 1.24 bits per heavy atom. The first-order valence-electron chi connectivity index (χ1n) is 11.0. The Morgan fingerprint density at radius 2 is 2.06 bits per heavy atom. The third-order valence-electron chi connectivity index (χ3n) is 6.83. The number of amides is 1. The fourth-order valence-electron chi connectivity index (χ4n) is 5.23. The number of rotatable bonds is 5. The smallest absolute Gasteiger partial charge is 0.348 e. The lowest BCUT2D eigenvalue weighted by Crippen LogP contribution is -2.40. The number of hydrogen-bond acceptors (Lipinski definition) is 5. The molecular formula is C22H24F3N7O. The van der Waals surface area contributed by atoms with E-state index >= 15 is 0 Å². The maximum atomic E-state index is 13.5. The monoisotopic (exact) mass is 459 g/mol. The first-order valence-corrected chi connectivity index (χ1v) is 11.0. The zero-order valence-electron chi connectivity index (χ0n) is 18.3. The number of halogens is 3. The summed E-state index contributed by atoms with van der Waals surface area (Å²) in [6.45, 7) is 2.01. The van der Waals surface area contributed by atoms with E-state index in [0.29, 0.717) is 17.4 Å². The summed E-state index contributed by atoms with van der Waals surface area (Å²) in [5.41, 5.74) is -0.519. The van der Waals surface area contributed by atoms with Crippen molar-refractivity contribution in [1.82, 2.24) is 34.8 Å². The van der Waals surface area contributed by atoms with Crippen LogP contribution in [0, 0.1) is 17.8 Å². The molecular weight excluding hydrogens is 435 g/mol. The van der Waals surface area contributed by atoms with Crippen molar-refractivity contribution < 1.29 is 18.0 Å². The molecule has 4 atom stereocenters. The van der Waals surface area contributed by atoms with Crippen LogP contribution in [-0.4, -0.2) is 41.5 Å². The normalized spacial score (nSPS) is 23.1. The van der Waals surface area contributed by atoms with Gasteiger partial charge in [-0.15, -0.1) is 0 Å². The summed E-state index contributed by atoms with van der Waals surface area (Å²) >= 11 is 0. The van der Waals surface area contributed by atoms with Gasteiger partial charge in [-0.3, -0.25) is 9.48 Å². The largest absolute Gasteiger partial charge is 0.433 e. The third-order valence-corrected chi connectivity index (χ3v) is 6.83. The summed E-state index contributed by atoms with van der Waals surface area (Å²) in [6.07, 6.45) is 4.58. The van der Waals surface area contributed by atoms with Gasteiger partial charge in [-0.1, -0.05) is 6.42 Å². The highest BCUT2D eigenvalue weighted by Gasteiger charge is 2.42. The molecule has 0 unspecified atom stereocenters. The minimum absolute atomic E-state index is 0.0138. The van der Waals surface area contributed by atoms with Crippen LogP contribution in [0.5, 0.6) is 0 Å². The quantitative estimate of drug-likeness (QED) is 0.629. The first kappa shape index (κ1) is 21.6. The van der Waals surface area contributed by atoms with Crippen LogP contribution in [0.1, 0.15) is 48.8 Å². The third kappa shape index (κ3) is 4.23. The molecule has 1 N–H and O–H groups in total. The molecule has 0 saturated heterocycles. The highest BCUT2D eigenvalue weighted by Crippen LogP contribution is 2.49. The van der Waals surface area contributed by atoms with Crippen molar-refractivity contribution in [3.05, 3.63) is 42.1 Å². The number of fused-ring (bicyclic) bond motifs is 2. The van der Waals surface area contributed by atoms with Crippen LogP contribution < -0.4 is 5.32 Å². The molecule has 2 saturated carbocycles. The second kappa shape index (κ2) is 7.96. The molecule has 0 aliphatic heterocycles. The predicted octanol–water partition coefficient (Wildman–Crippen LogP) is 3.64. The van der Waals surface area contributed by atoms with Crippen LogP contribution in [0.2, 0.25) is 0 Å². The van der Waals surface area contributed by atoms with Crippen molar-refractivity contribution in [3.8, 4) is 17.2 Å². The number of carbonyl (C=O) groups is 1. The zero-order valence-corrected chi connectivity index (χ0v) is 18.3. The van der Waals surface area contributed by atoms with E-state index in [1.165, 1.54) is 42.4 Å². The van der Waals surface area contributed by atoms with Gasteiger partial charge in [-0.05, 0) is 56.1 Å². The fourth-order valence-corrected chi connectivity index (χ4v) is 5.23. The molecule has 0 radical (unpaired) electrons. The van der Waals surface area contributed by atoms with Crippen molar-refractivity contribution in [1.29, 1.82) is 0 Å². The average Bonchev–Trinajstić information content (AvgIpc) is 3.56. The molecule has 2 aliphatic rings. The molecule has 2 fully saturated rings. The van der Waals surface area contributed by atoms with E-state index in [1.807, 2.05) is 6.92 Å². The van der Waals surface area contributed by atoms with Gasteiger partial charge in [0, 0.05) is 31.0 Å². The van der Waals surface area contributed by atoms with Gasteiger partial charge in [0.2, 0.25) is 0 Å². The van der Waals surface area contributed by atoms with Gasteiger partial charge in [-0.2, -0.15) is 23.4 Å². The maximum Gasteiger partial charge on any atom is 0.433 e. The Bertz CT molecular complexity index is 1180. The van der Waals surface area contributed by atoms with Crippen LogP contribution >= 0.6 is 0 Å². The lowest BCUT2D eigenvalue weighted by atomic mass is 9.84. The summed E-state index contributed by atoms with van der Waals surface area (Å²) in [5, 5.41) is 11.2. The lowest BCUT2D eigenvalue weighted by molar-refractivity contribution is -0.141. The van der Waals surface area contributed by atoms with Crippen LogP contribution in [0.4, 0.5) is 13.2 Å². The van der Waals surface area contributed by atoms with Gasteiger partial charge in [-0.25, -0.2) is 14.6 Å². The minimum Gasteiger partial charge on any atom is -0.348 e. The van der Waals surface area contributed by atoms with Crippen molar-refractivity contribution in [3.63, 3.8) is 0 Å². The number of aromatic nitrogens is 6. The number of carbonyl (C=O) groups excluding carboxylic acids is 1. The first-order chi connectivity index (χ1) is 15.7. The topological polar surface area (TPSA) is 90.5 Å². The van der Waals surface area contributed by atoms with Gasteiger partial charge in [0.1, 0.15) is 0 Å². The van der Waals surface area contributed by atoms with E-state index in [2.05, 4.69) is 25.5 Å². The minimum atomic E-state index is -4.67. The highest BCUT2D eigenvalue weighted by molar-refractivity contribution is 5.92. The van der Waals surface area contributed by atoms with Crippen LogP contribution in [0.25, 0.3) is 17.2 Å². The summed E-state index contributed by atoms with van der Waals surface area (Å²) in [7, 11) is 1.66. The van der Waals surface area contributed by atoms with Crippen LogP contribution in [0.15, 0.2) is 30.7 Å². The van der Waals surface area contributed by atoms with Crippen molar-refractivity contribution in [2.45, 2.75) is 44.8 Å². The van der Waals surface area contributed by atoms with Gasteiger partial charge in [0.25, 0.3) is 11.9 Å². The molecule has 5 rings (SSSR count). The van der Waals surface area contributed by atoms with Gasteiger partial charge >= 0.3 is 6.18 Å². The van der Waals surface area contributed by atoms with Gasteiger partial charge < -0.3 is 5.32 Å². The standard InChI is InChI=1S/C22H24F3N7O/c1-12(16-8-13-3-4-14(16)7-13)27-20(33)17-5-6-32(30-17)21-28-18(15-10-26-31(2)11-15)9-19(29-21)22(23,24)25/h5-6,9-14,16H,3-4,7-8H2,1-2H3,(H,27,33)/t12-,13-,14-,16-/m0/s1. The Balaban J connectivity index is 1.39. The van der Waals surface area contributed by atoms with Crippen molar-refractivity contribution in [2.75, 3.05) is 0 Å². The number of nitrogens with one attached hydrogen (secondary N) is 1. The Hall–Kier alpha value is -3.24. The maximum absolute atomic E-state index is 13.5. The lowest BCUT2D eigenvalue weighted by Gasteiger charge is -2.28. The number of aryl methyl sites for hydroxylation is 1. The Labute approximate surface area is 188 Å². The molecule has 174 valence electrons. The van der Waals surface area contributed by atoms with E-state index in [1.54, 1.807) is 13.2 Å². The van der Waals surface area contributed by atoms with E-state index in [0.717, 1.165) is 23.1 Å². The molecule has 0 spiro atoms. The number of nitrogens with zero attached hydrogens (tertiary/aromatic N) is 6. The van der Waals surface area contributed by atoms with E-state index in [-0.39, 0.29) is 29.3 Å². The van der Waals surface area contributed by atoms with Crippen molar-refractivity contribution >= 4 is 5.91 Å². The SMILES string of the molecule is C[C@H](NC(=O)c1ccn(-c2nc(-c3cnn(C)c3)cc(C(F)(F)F)n2)n1)[C@@H]1C[C@H]2CC[C@H]1C2. The van der Waals surface area contributed by atoms with E-state index in [4.69, 9.17) is 0 Å². The summed E-state index contributed by atoms with van der Waals surface area (Å²) in [5.74, 6) is 1.26. The van der Waals surface area contributed by atoms with E-state index < -0.39 is 11.9 Å². The molecule has 3 aromatic rings. The molecule has 8 nitrogen and oxygen atoms in total. The Kier molecular flexibility index (Phi) is 5.21. The van der Waals surface area contributed by atoms with Crippen LogP contribution in [-0.2, 0) is 13.2 Å². The van der Waals surface area contributed by atoms with Crippen LogP contribution in [0.3, 0.4) is 0 Å². The summed E-state index contributed by atoms with van der Waals surface area (Å²) < 4.78 is 43.0. The predicted molar refractivity (Wildman–Crippen MR) is 112 cm³/mol. The average molecular weight is 459 g/mol. The van der Waals surface area contributed by atoms with Gasteiger partial charge in [0.15, 0.2) is 11.4 Å². The summed E-state index contributed by atoms with van der Waals surface area (Å²) in [6, 6.07) is 2.34. The molecule has 3 heterocycles. The molecule has 2 aliphatic carbocycles. The molecule has 33 heavy (non-hydrogen) atoms.